The fourth-order valence-electron chi connectivity index (χ4n) is 3.15. The zero-order chi connectivity index (χ0) is 23.1. The van der Waals surface area contributed by atoms with E-state index in [1.54, 1.807) is 49.9 Å². The van der Waals surface area contributed by atoms with E-state index in [1.807, 2.05) is 6.07 Å². The van der Waals surface area contributed by atoms with Gasteiger partial charge in [0.05, 0.1) is 6.54 Å². The Morgan fingerprint density at radius 3 is 2.75 bits per heavy atom. The first-order chi connectivity index (χ1) is 15.0. The topological polar surface area (TPSA) is 126 Å². The van der Waals surface area contributed by atoms with E-state index in [0.29, 0.717) is 16.6 Å². The summed E-state index contributed by atoms with van der Waals surface area (Å²) in [6.07, 6.45) is 0.685. The van der Waals surface area contributed by atoms with Crippen molar-refractivity contribution in [3.8, 4) is 11.1 Å². The lowest BCUT2D eigenvalue weighted by Gasteiger charge is -2.19. The molecule has 2 aromatic heterocycles. The molecular weight excluding hydrogens is 439 g/mol. The summed E-state index contributed by atoms with van der Waals surface area (Å²) >= 11 is 0. The van der Waals surface area contributed by atoms with Crippen molar-refractivity contribution in [1.82, 2.24) is 19.4 Å². The van der Waals surface area contributed by atoms with E-state index in [2.05, 4.69) is 14.7 Å². The van der Waals surface area contributed by atoms with Crippen molar-refractivity contribution in [2.45, 2.75) is 32.9 Å². The van der Waals surface area contributed by atoms with Gasteiger partial charge in [-0.3, -0.25) is 0 Å². The number of oxazole rings is 1. The van der Waals surface area contributed by atoms with Crippen molar-refractivity contribution in [2.75, 3.05) is 0 Å². The first kappa shape index (κ1) is 21.8. The number of nitrogens with one attached hydrogen (secondary N) is 3. The molecule has 11 heteroatoms. The Hall–Kier alpha value is -3.44. The highest BCUT2D eigenvalue weighted by atomic mass is 32.2. The number of benzene rings is 2. The van der Waals surface area contributed by atoms with Crippen molar-refractivity contribution >= 4 is 38.3 Å². The molecule has 4 rings (SSSR count). The van der Waals surface area contributed by atoms with Gasteiger partial charge in [0.2, 0.25) is 5.89 Å². The Bertz CT molecular complexity index is 1420. The minimum Gasteiger partial charge on any atom is -0.443 e. The highest BCUT2D eigenvalue weighted by Gasteiger charge is 2.21. The molecule has 0 spiro atoms. The average Bonchev–Trinajstić information content (AvgIpc) is 3.26. The van der Waals surface area contributed by atoms with E-state index in [-0.39, 0.29) is 18.3 Å². The van der Waals surface area contributed by atoms with E-state index < -0.39 is 21.9 Å². The molecule has 0 aliphatic rings. The molecule has 2 heterocycles. The number of halogens is 1. The summed E-state index contributed by atoms with van der Waals surface area (Å²) in [5, 5.41) is 0.853. The van der Waals surface area contributed by atoms with Crippen LogP contribution in [0.1, 0.15) is 26.7 Å². The Morgan fingerprint density at radius 1 is 1.22 bits per heavy atom. The molecule has 0 radical (unpaired) electrons. The standard InChI is InChI=1S/C21H21FN4O5S/c1-21(2,3)31-20(27)26-32(28,29)24-11-19-25-16-7-4-12(8-18(16)30-19)15-10-23-17-9-13(22)5-6-14(15)17/h4-10,23-24H,11H2,1-3H3,(H,26,27). The van der Waals surface area contributed by atoms with E-state index in [4.69, 9.17) is 9.15 Å². The maximum absolute atomic E-state index is 13.4. The Balaban J connectivity index is 1.50. The highest BCUT2D eigenvalue weighted by molar-refractivity contribution is 7.88. The van der Waals surface area contributed by atoms with E-state index >= 15 is 0 Å². The van der Waals surface area contributed by atoms with Crippen molar-refractivity contribution in [3.05, 3.63) is 54.3 Å². The van der Waals surface area contributed by atoms with Crippen LogP contribution in [0.15, 0.2) is 47.0 Å². The molecule has 0 saturated carbocycles. The van der Waals surface area contributed by atoms with Gasteiger partial charge in [0.25, 0.3) is 0 Å². The van der Waals surface area contributed by atoms with Crippen LogP contribution in [0, 0.1) is 5.82 Å². The van der Waals surface area contributed by atoms with Crippen molar-refractivity contribution in [1.29, 1.82) is 0 Å². The normalized spacial score (nSPS) is 12.4. The SMILES string of the molecule is CC(C)(C)OC(=O)NS(=O)(=O)NCc1nc2ccc(-c3c[nH]c4cc(F)ccc34)cc2o1. The molecule has 0 bridgehead atoms. The van der Waals surface area contributed by atoms with Crippen LogP contribution in [0.2, 0.25) is 0 Å². The fraction of sp³-hybridized carbons (Fsp3) is 0.238. The number of amides is 1. The summed E-state index contributed by atoms with van der Waals surface area (Å²) in [6.45, 7) is 4.59. The second kappa shape index (κ2) is 7.92. The number of nitrogens with zero attached hydrogens (tertiary/aromatic N) is 1. The van der Waals surface area contributed by atoms with Crippen LogP contribution in [-0.2, 0) is 21.5 Å². The zero-order valence-electron chi connectivity index (χ0n) is 17.5. The molecule has 2 aromatic carbocycles. The van der Waals surface area contributed by atoms with Crippen LogP contribution in [0.5, 0.6) is 0 Å². The predicted molar refractivity (Wildman–Crippen MR) is 116 cm³/mol. The molecular formula is C21H21FN4O5S. The van der Waals surface area contributed by atoms with Gasteiger partial charge in [-0.2, -0.15) is 13.1 Å². The minimum absolute atomic E-state index is 0.118. The summed E-state index contributed by atoms with van der Waals surface area (Å²) in [7, 11) is -4.17. The number of carbonyl (C=O) groups excluding carboxylic acids is 1. The van der Waals surface area contributed by atoms with Crippen LogP contribution in [0.25, 0.3) is 33.1 Å². The minimum atomic E-state index is -4.17. The molecule has 0 fully saturated rings. The molecule has 32 heavy (non-hydrogen) atoms. The number of ether oxygens (including phenoxy) is 1. The van der Waals surface area contributed by atoms with Gasteiger partial charge < -0.3 is 14.1 Å². The number of aromatic amines is 1. The first-order valence-electron chi connectivity index (χ1n) is 9.66. The Morgan fingerprint density at radius 2 is 2.00 bits per heavy atom. The second-order valence-corrected chi connectivity index (χ2v) is 9.61. The van der Waals surface area contributed by atoms with Gasteiger partial charge in [-0.15, -0.1) is 0 Å². The third-order valence-corrected chi connectivity index (χ3v) is 5.38. The second-order valence-electron chi connectivity index (χ2n) is 8.11. The molecule has 168 valence electrons. The van der Waals surface area contributed by atoms with E-state index in [9.17, 15) is 17.6 Å². The lowest BCUT2D eigenvalue weighted by atomic mass is 10.0. The predicted octanol–water partition coefficient (Wildman–Crippen LogP) is 3.97. The van der Waals surface area contributed by atoms with Crippen molar-refractivity contribution in [3.63, 3.8) is 0 Å². The lowest BCUT2D eigenvalue weighted by Crippen LogP contribution is -2.42. The van der Waals surface area contributed by atoms with Crippen LogP contribution in [0.3, 0.4) is 0 Å². The van der Waals surface area contributed by atoms with Gasteiger partial charge >= 0.3 is 16.3 Å². The molecule has 0 aliphatic heterocycles. The third-order valence-electron chi connectivity index (χ3n) is 4.42. The van der Waals surface area contributed by atoms with E-state index in [0.717, 1.165) is 16.5 Å². The monoisotopic (exact) mass is 460 g/mol. The van der Waals surface area contributed by atoms with Crippen molar-refractivity contribution < 1.29 is 26.8 Å². The Kier molecular flexibility index (Phi) is 5.39. The number of hydrogen-bond donors (Lipinski definition) is 3. The van der Waals surface area contributed by atoms with E-state index in [1.165, 1.54) is 12.1 Å². The number of hydrogen-bond acceptors (Lipinski definition) is 6. The first-order valence-corrected chi connectivity index (χ1v) is 11.1. The quantitative estimate of drug-likeness (QED) is 0.414. The Labute approximate surface area is 183 Å². The summed E-state index contributed by atoms with van der Waals surface area (Å²) in [5.74, 6) is -0.211. The summed E-state index contributed by atoms with van der Waals surface area (Å²) in [6, 6.07) is 9.86. The zero-order valence-corrected chi connectivity index (χ0v) is 18.3. The molecule has 0 aliphatic carbocycles. The van der Waals surface area contributed by atoms with Gasteiger partial charge in [-0.05, 0) is 56.7 Å². The third kappa shape index (κ3) is 4.89. The van der Waals surface area contributed by atoms with Crippen LogP contribution < -0.4 is 9.44 Å². The van der Waals surface area contributed by atoms with Gasteiger partial charge in [0.15, 0.2) is 5.58 Å². The van der Waals surface area contributed by atoms with Gasteiger partial charge in [0.1, 0.15) is 16.9 Å². The maximum Gasteiger partial charge on any atom is 0.422 e. The van der Waals surface area contributed by atoms with Gasteiger partial charge in [-0.1, -0.05) is 6.07 Å². The molecule has 0 unspecified atom stereocenters. The molecule has 3 N–H and O–H groups in total. The summed E-state index contributed by atoms with van der Waals surface area (Å²) < 4.78 is 52.1. The van der Waals surface area contributed by atoms with Crippen LogP contribution >= 0.6 is 0 Å². The number of aromatic nitrogens is 2. The van der Waals surface area contributed by atoms with Gasteiger partial charge in [0, 0.05) is 22.7 Å². The highest BCUT2D eigenvalue weighted by Crippen LogP contribution is 2.31. The molecule has 4 aromatic rings. The van der Waals surface area contributed by atoms with Crippen molar-refractivity contribution in [2.24, 2.45) is 0 Å². The van der Waals surface area contributed by atoms with Crippen LogP contribution in [-0.4, -0.2) is 30.1 Å². The molecule has 1 amide bonds. The summed E-state index contributed by atoms with van der Waals surface area (Å²) in [5.41, 5.74) is 2.51. The van der Waals surface area contributed by atoms with Gasteiger partial charge in [-0.25, -0.2) is 18.9 Å². The average molecular weight is 460 g/mol. The van der Waals surface area contributed by atoms with Crippen LogP contribution in [0.4, 0.5) is 9.18 Å². The molecule has 0 saturated heterocycles. The fourth-order valence-corrected chi connectivity index (χ4v) is 3.80. The molecule has 9 nitrogen and oxygen atoms in total. The molecule has 0 atom stereocenters. The number of H-pyrrole nitrogens is 1. The number of rotatable bonds is 5. The largest absolute Gasteiger partial charge is 0.443 e. The summed E-state index contributed by atoms with van der Waals surface area (Å²) in [4.78, 5) is 19.0. The maximum atomic E-state index is 13.4. The number of carbonyl (C=O) groups is 1. The lowest BCUT2D eigenvalue weighted by molar-refractivity contribution is 0.0569. The smallest absolute Gasteiger partial charge is 0.422 e. The number of fused-ring (bicyclic) bond motifs is 2.